The summed E-state index contributed by atoms with van der Waals surface area (Å²) in [7, 11) is 0. The summed E-state index contributed by atoms with van der Waals surface area (Å²) >= 11 is 1.85. The SMILES string of the molecule is NC1c2sccc2CCC12CC2. The number of fused-ring (bicyclic) bond motifs is 1. The molecule has 1 heterocycles. The van der Waals surface area contributed by atoms with E-state index < -0.39 is 0 Å². The average molecular weight is 179 g/mol. The molecule has 0 radical (unpaired) electrons. The molecule has 1 nitrogen and oxygen atoms in total. The van der Waals surface area contributed by atoms with Crippen molar-refractivity contribution in [1.82, 2.24) is 0 Å². The van der Waals surface area contributed by atoms with Crippen LogP contribution in [0.1, 0.15) is 35.7 Å². The van der Waals surface area contributed by atoms with E-state index in [0.29, 0.717) is 11.5 Å². The molecule has 1 fully saturated rings. The lowest BCUT2D eigenvalue weighted by Gasteiger charge is -2.28. The Morgan fingerprint density at radius 1 is 1.42 bits per heavy atom. The van der Waals surface area contributed by atoms with E-state index in [4.69, 9.17) is 5.73 Å². The van der Waals surface area contributed by atoms with Crippen LogP contribution in [0.3, 0.4) is 0 Å². The fourth-order valence-electron chi connectivity index (χ4n) is 2.37. The van der Waals surface area contributed by atoms with Crippen LogP contribution in [0.15, 0.2) is 11.4 Å². The second-order valence-electron chi connectivity index (χ2n) is 4.15. The first-order valence-electron chi connectivity index (χ1n) is 4.64. The standard InChI is InChI=1S/C10H13NS/c11-9-8-7(2-6-12-8)1-3-10(9)4-5-10/h2,6,9H,1,3-5,11H2. The Hall–Kier alpha value is -0.340. The van der Waals surface area contributed by atoms with Gasteiger partial charge in [-0.25, -0.2) is 0 Å². The van der Waals surface area contributed by atoms with Crippen LogP contribution in [0.4, 0.5) is 0 Å². The highest BCUT2D eigenvalue weighted by Gasteiger charge is 2.50. The van der Waals surface area contributed by atoms with E-state index in [9.17, 15) is 0 Å². The van der Waals surface area contributed by atoms with Crippen LogP contribution in [0.2, 0.25) is 0 Å². The van der Waals surface area contributed by atoms with E-state index in [2.05, 4.69) is 11.4 Å². The average Bonchev–Trinajstić information content (AvgIpc) is 2.69. The zero-order chi connectivity index (χ0) is 8.18. The fourth-order valence-corrected chi connectivity index (χ4v) is 3.46. The molecule has 2 aliphatic carbocycles. The second kappa shape index (κ2) is 2.12. The van der Waals surface area contributed by atoms with Gasteiger partial charge in [0, 0.05) is 10.9 Å². The Kier molecular flexibility index (Phi) is 1.25. The molecule has 1 atom stereocenters. The summed E-state index contributed by atoms with van der Waals surface area (Å²) in [6, 6.07) is 2.61. The zero-order valence-electron chi connectivity index (χ0n) is 7.05. The summed E-state index contributed by atoms with van der Waals surface area (Å²) in [6.07, 6.45) is 5.33. The lowest BCUT2D eigenvalue weighted by molar-refractivity contribution is 0.360. The van der Waals surface area contributed by atoms with Crippen molar-refractivity contribution in [3.63, 3.8) is 0 Å². The van der Waals surface area contributed by atoms with Crippen LogP contribution in [-0.2, 0) is 6.42 Å². The Morgan fingerprint density at radius 3 is 3.00 bits per heavy atom. The maximum Gasteiger partial charge on any atom is 0.0449 e. The molecule has 2 aliphatic rings. The van der Waals surface area contributed by atoms with E-state index in [1.165, 1.54) is 36.1 Å². The molecule has 1 unspecified atom stereocenters. The summed E-state index contributed by atoms with van der Waals surface area (Å²) in [6.45, 7) is 0. The van der Waals surface area contributed by atoms with Crippen molar-refractivity contribution < 1.29 is 0 Å². The van der Waals surface area contributed by atoms with Gasteiger partial charge in [0.05, 0.1) is 0 Å². The third kappa shape index (κ3) is 0.771. The third-order valence-corrected chi connectivity index (χ3v) is 4.55. The van der Waals surface area contributed by atoms with Crippen molar-refractivity contribution in [1.29, 1.82) is 0 Å². The maximum absolute atomic E-state index is 6.24. The molecule has 1 aromatic rings. The first-order valence-corrected chi connectivity index (χ1v) is 5.52. The Bertz CT molecular complexity index is 311. The van der Waals surface area contributed by atoms with Crippen LogP contribution < -0.4 is 5.73 Å². The van der Waals surface area contributed by atoms with Gasteiger partial charge in [0.15, 0.2) is 0 Å². The molecule has 0 aromatic carbocycles. The van der Waals surface area contributed by atoms with Gasteiger partial charge in [-0.15, -0.1) is 11.3 Å². The highest BCUT2D eigenvalue weighted by molar-refractivity contribution is 7.10. The Morgan fingerprint density at radius 2 is 2.25 bits per heavy atom. The molecule has 0 amide bonds. The summed E-state index contributed by atoms with van der Waals surface area (Å²) < 4.78 is 0. The summed E-state index contributed by atoms with van der Waals surface area (Å²) in [5.41, 5.74) is 8.30. The minimum Gasteiger partial charge on any atom is -0.323 e. The van der Waals surface area contributed by atoms with Crippen molar-refractivity contribution in [2.45, 2.75) is 31.7 Å². The predicted molar refractivity (Wildman–Crippen MR) is 51.2 cm³/mol. The molecule has 64 valence electrons. The summed E-state index contributed by atoms with van der Waals surface area (Å²) in [4.78, 5) is 1.47. The zero-order valence-corrected chi connectivity index (χ0v) is 7.86. The smallest absolute Gasteiger partial charge is 0.0449 e. The third-order valence-electron chi connectivity index (χ3n) is 3.51. The molecule has 1 aromatic heterocycles. The normalized spacial score (nSPS) is 30.2. The van der Waals surface area contributed by atoms with Gasteiger partial charge in [-0.3, -0.25) is 0 Å². The number of rotatable bonds is 0. The molecule has 1 spiro atoms. The Labute approximate surface area is 76.6 Å². The fraction of sp³-hybridized carbons (Fsp3) is 0.600. The molecule has 3 rings (SSSR count). The number of hydrogen-bond donors (Lipinski definition) is 1. The highest BCUT2D eigenvalue weighted by atomic mass is 32.1. The second-order valence-corrected chi connectivity index (χ2v) is 5.10. The van der Waals surface area contributed by atoms with E-state index in [-0.39, 0.29) is 0 Å². The minimum absolute atomic E-state index is 0.362. The van der Waals surface area contributed by atoms with Gasteiger partial charge in [0.1, 0.15) is 0 Å². The van der Waals surface area contributed by atoms with Crippen molar-refractivity contribution >= 4 is 11.3 Å². The topological polar surface area (TPSA) is 26.0 Å². The molecule has 12 heavy (non-hydrogen) atoms. The number of thiophene rings is 1. The molecule has 0 aliphatic heterocycles. The van der Waals surface area contributed by atoms with E-state index in [0.717, 1.165) is 0 Å². The number of nitrogens with two attached hydrogens (primary N) is 1. The number of hydrogen-bond acceptors (Lipinski definition) is 2. The van der Waals surface area contributed by atoms with Crippen LogP contribution in [-0.4, -0.2) is 0 Å². The van der Waals surface area contributed by atoms with Gasteiger partial charge in [-0.1, -0.05) is 0 Å². The van der Waals surface area contributed by atoms with Crippen molar-refractivity contribution in [3.05, 3.63) is 21.9 Å². The molecule has 2 N–H and O–H groups in total. The predicted octanol–water partition coefficient (Wildman–Crippen LogP) is 2.47. The minimum atomic E-state index is 0.362. The van der Waals surface area contributed by atoms with Gasteiger partial charge in [0.25, 0.3) is 0 Å². The Balaban J connectivity index is 2.07. The molecular formula is C10H13NS. The van der Waals surface area contributed by atoms with Gasteiger partial charge >= 0.3 is 0 Å². The van der Waals surface area contributed by atoms with Crippen LogP contribution >= 0.6 is 11.3 Å². The van der Waals surface area contributed by atoms with Crippen LogP contribution in [0.5, 0.6) is 0 Å². The quantitative estimate of drug-likeness (QED) is 0.650. The van der Waals surface area contributed by atoms with Crippen molar-refractivity contribution in [2.75, 3.05) is 0 Å². The molecule has 2 heteroatoms. The lowest BCUT2D eigenvalue weighted by Crippen LogP contribution is -2.27. The van der Waals surface area contributed by atoms with Crippen LogP contribution in [0, 0.1) is 5.41 Å². The van der Waals surface area contributed by atoms with E-state index in [1.807, 2.05) is 11.3 Å². The molecular weight excluding hydrogens is 166 g/mol. The lowest BCUT2D eigenvalue weighted by atomic mass is 9.82. The van der Waals surface area contributed by atoms with Crippen LogP contribution in [0.25, 0.3) is 0 Å². The summed E-state index contributed by atoms with van der Waals surface area (Å²) in [5, 5.41) is 2.19. The monoisotopic (exact) mass is 179 g/mol. The largest absolute Gasteiger partial charge is 0.323 e. The van der Waals surface area contributed by atoms with Gasteiger partial charge in [0.2, 0.25) is 0 Å². The first-order chi connectivity index (χ1) is 5.82. The van der Waals surface area contributed by atoms with E-state index in [1.54, 1.807) is 0 Å². The number of aryl methyl sites for hydroxylation is 1. The molecule has 0 bridgehead atoms. The van der Waals surface area contributed by atoms with Gasteiger partial charge in [-0.2, -0.15) is 0 Å². The van der Waals surface area contributed by atoms with E-state index >= 15 is 0 Å². The first kappa shape index (κ1) is 7.10. The van der Waals surface area contributed by atoms with Crippen molar-refractivity contribution in [3.8, 4) is 0 Å². The van der Waals surface area contributed by atoms with Gasteiger partial charge in [-0.05, 0) is 48.1 Å². The molecule has 0 saturated heterocycles. The molecule has 1 saturated carbocycles. The maximum atomic E-state index is 6.24. The van der Waals surface area contributed by atoms with Crippen molar-refractivity contribution in [2.24, 2.45) is 11.1 Å². The van der Waals surface area contributed by atoms with Gasteiger partial charge < -0.3 is 5.73 Å². The summed E-state index contributed by atoms with van der Waals surface area (Å²) in [5.74, 6) is 0. The highest BCUT2D eigenvalue weighted by Crippen LogP contribution is 2.60.